The van der Waals surface area contributed by atoms with Crippen molar-refractivity contribution >= 4 is 40.8 Å². The van der Waals surface area contributed by atoms with Crippen LogP contribution in [0.3, 0.4) is 0 Å². The molecule has 0 heterocycles. The van der Waals surface area contributed by atoms with E-state index < -0.39 is 18.0 Å². The SMILES string of the molecule is COC(CN)CC(=O)Nc1c(Cl)cc(Cl)cc1C(=O)O. The fraction of sp³-hybridized carbons (Fsp3) is 0.333. The van der Waals surface area contributed by atoms with Crippen molar-refractivity contribution in [2.45, 2.75) is 12.5 Å². The quantitative estimate of drug-likeness (QED) is 0.744. The summed E-state index contributed by atoms with van der Waals surface area (Å²) >= 11 is 11.6. The summed E-state index contributed by atoms with van der Waals surface area (Å²) in [5.74, 6) is -1.69. The molecule has 0 saturated heterocycles. The van der Waals surface area contributed by atoms with Crippen molar-refractivity contribution in [2.75, 3.05) is 19.0 Å². The number of anilines is 1. The third-order valence-corrected chi connectivity index (χ3v) is 3.08. The Bertz CT molecular complexity index is 518. The number of nitrogens with two attached hydrogens (primary N) is 1. The first-order valence-corrected chi connectivity index (χ1v) is 6.39. The number of carbonyl (C=O) groups is 2. The molecule has 0 spiro atoms. The van der Waals surface area contributed by atoms with Crippen LogP contribution in [0.25, 0.3) is 0 Å². The molecule has 1 unspecified atom stereocenters. The summed E-state index contributed by atoms with van der Waals surface area (Å²) in [7, 11) is 1.43. The van der Waals surface area contributed by atoms with E-state index in [2.05, 4.69) is 5.32 Å². The van der Waals surface area contributed by atoms with E-state index in [4.69, 9.17) is 38.8 Å². The molecule has 6 nitrogen and oxygen atoms in total. The van der Waals surface area contributed by atoms with Gasteiger partial charge in [-0.1, -0.05) is 23.2 Å². The van der Waals surface area contributed by atoms with Crippen molar-refractivity contribution in [3.63, 3.8) is 0 Å². The van der Waals surface area contributed by atoms with Gasteiger partial charge >= 0.3 is 5.97 Å². The molecule has 0 bridgehead atoms. The van der Waals surface area contributed by atoms with Crippen molar-refractivity contribution in [3.05, 3.63) is 27.7 Å². The zero-order chi connectivity index (χ0) is 15.3. The zero-order valence-electron chi connectivity index (χ0n) is 10.7. The second kappa shape index (κ2) is 7.44. The van der Waals surface area contributed by atoms with E-state index in [0.717, 1.165) is 0 Å². The first-order valence-electron chi connectivity index (χ1n) is 5.64. The average molecular weight is 321 g/mol. The third-order valence-electron chi connectivity index (χ3n) is 2.56. The second-order valence-corrected chi connectivity index (χ2v) is 4.80. The Morgan fingerprint density at radius 3 is 2.60 bits per heavy atom. The number of carboxylic acid groups (broad SMARTS) is 1. The van der Waals surface area contributed by atoms with Crippen LogP contribution in [0, 0.1) is 0 Å². The number of carbonyl (C=O) groups excluding carboxylic acids is 1. The number of rotatable bonds is 6. The number of halogens is 2. The lowest BCUT2D eigenvalue weighted by atomic mass is 10.1. The van der Waals surface area contributed by atoms with Gasteiger partial charge in [0, 0.05) is 18.7 Å². The summed E-state index contributed by atoms with van der Waals surface area (Å²) in [6, 6.07) is 2.56. The first-order chi connectivity index (χ1) is 9.38. The molecular formula is C12H14Cl2N2O4. The highest BCUT2D eigenvalue weighted by molar-refractivity contribution is 6.37. The number of aromatic carboxylic acids is 1. The van der Waals surface area contributed by atoms with Gasteiger partial charge in [0.05, 0.1) is 28.8 Å². The van der Waals surface area contributed by atoms with Gasteiger partial charge in [0.15, 0.2) is 0 Å². The summed E-state index contributed by atoms with van der Waals surface area (Å²) in [5.41, 5.74) is 5.23. The van der Waals surface area contributed by atoms with Crippen LogP contribution in [-0.4, -0.2) is 36.7 Å². The summed E-state index contributed by atoms with van der Waals surface area (Å²) < 4.78 is 4.98. The molecule has 110 valence electrons. The average Bonchev–Trinajstić information content (AvgIpc) is 2.38. The second-order valence-electron chi connectivity index (χ2n) is 3.96. The fourth-order valence-electron chi connectivity index (χ4n) is 1.53. The number of methoxy groups -OCH3 is 1. The highest BCUT2D eigenvalue weighted by Crippen LogP contribution is 2.30. The molecule has 0 fully saturated rings. The van der Waals surface area contributed by atoms with E-state index in [1.807, 2.05) is 0 Å². The number of ether oxygens (including phenoxy) is 1. The minimum atomic E-state index is -1.24. The Morgan fingerprint density at radius 1 is 1.45 bits per heavy atom. The lowest BCUT2D eigenvalue weighted by molar-refractivity contribution is -0.118. The van der Waals surface area contributed by atoms with Crippen LogP contribution in [0.1, 0.15) is 16.8 Å². The number of carboxylic acids is 1. The molecule has 0 radical (unpaired) electrons. The maximum atomic E-state index is 11.8. The maximum Gasteiger partial charge on any atom is 0.337 e. The zero-order valence-corrected chi connectivity index (χ0v) is 12.2. The van der Waals surface area contributed by atoms with Crippen LogP contribution in [0.2, 0.25) is 10.0 Å². The van der Waals surface area contributed by atoms with Crippen LogP contribution in [-0.2, 0) is 9.53 Å². The largest absolute Gasteiger partial charge is 0.478 e. The topological polar surface area (TPSA) is 102 Å². The summed E-state index contributed by atoms with van der Waals surface area (Å²) in [6.45, 7) is 0.171. The van der Waals surface area contributed by atoms with E-state index in [0.29, 0.717) is 0 Å². The van der Waals surface area contributed by atoms with Gasteiger partial charge in [0.2, 0.25) is 5.91 Å². The number of amides is 1. The molecule has 20 heavy (non-hydrogen) atoms. The normalized spacial score (nSPS) is 12.0. The molecule has 1 rings (SSSR count). The van der Waals surface area contributed by atoms with Crippen molar-refractivity contribution < 1.29 is 19.4 Å². The molecule has 8 heteroatoms. The van der Waals surface area contributed by atoms with Crippen molar-refractivity contribution in [1.29, 1.82) is 0 Å². The Morgan fingerprint density at radius 2 is 2.10 bits per heavy atom. The summed E-state index contributed by atoms with van der Waals surface area (Å²) in [6.07, 6.45) is -0.459. The van der Waals surface area contributed by atoms with Crippen molar-refractivity contribution in [2.24, 2.45) is 5.73 Å². The Labute approximate surface area is 125 Å². The standard InChI is InChI=1S/C12H14Cl2N2O4/c1-20-7(5-15)4-10(17)16-11-8(12(18)19)2-6(13)3-9(11)14/h2-3,7H,4-5,15H2,1H3,(H,16,17)(H,18,19). The van der Waals surface area contributed by atoms with E-state index in [9.17, 15) is 9.59 Å². The van der Waals surface area contributed by atoms with E-state index in [1.54, 1.807) is 0 Å². The van der Waals surface area contributed by atoms with Crippen LogP contribution in [0.4, 0.5) is 5.69 Å². The third kappa shape index (κ3) is 4.35. The van der Waals surface area contributed by atoms with Gasteiger partial charge in [-0.25, -0.2) is 4.79 Å². The highest BCUT2D eigenvalue weighted by Gasteiger charge is 2.19. The number of benzene rings is 1. The van der Waals surface area contributed by atoms with Gasteiger partial charge in [0.25, 0.3) is 0 Å². The molecule has 1 atom stereocenters. The molecule has 0 saturated carbocycles. The smallest absolute Gasteiger partial charge is 0.337 e. The monoisotopic (exact) mass is 320 g/mol. The van der Waals surface area contributed by atoms with Crippen LogP contribution < -0.4 is 11.1 Å². The van der Waals surface area contributed by atoms with Gasteiger partial charge in [0.1, 0.15) is 0 Å². The Balaban J connectivity index is 2.97. The molecule has 4 N–H and O–H groups in total. The fourth-order valence-corrected chi connectivity index (χ4v) is 2.07. The number of nitrogens with one attached hydrogen (secondary N) is 1. The van der Waals surface area contributed by atoms with Crippen LogP contribution in [0.15, 0.2) is 12.1 Å². The molecule has 1 aromatic rings. The molecule has 0 aliphatic heterocycles. The molecule has 1 amide bonds. The number of hydrogen-bond acceptors (Lipinski definition) is 4. The van der Waals surface area contributed by atoms with Gasteiger partial charge in [-0.2, -0.15) is 0 Å². The minimum absolute atomic E-state index is 0.000408. The lowest BCUT2D eigenvalue weighted by Crippen LogP contribution is -2.28. The molecule has 0 aliphatic carbocycles. The van der Waals surface area contributed by atoms with Gasteiger partial charge in [-0.05, 0) is 12.1 Å². The van der Waals surface area contributed by atoms with Gasteiger partial charge in [-0.3, -0.25) is 4.79 Å². The maximum absolute atomic E-state index is 11.8. The molecular weight excluding hydrogens is 307 g/mol. The van der Waals surface area contributed by atoms with Crippen molar-refractivity contribution in [3.8, 4) is 0 Å². The van der Waals surface area contributed by atoms with Crippen LogP contribution in [0.5, 0.6) is 0 Å². The molecule has 1 aromatic carbocycles. The van der Waals surface area contributed by atoms with Crippen LogP contribution >= 0.6 is 23.2 Å². The molecule has 0 aromatic heterocycles. The van der Waals surface area contributed by atoms with E-state index in [1.165, 1.54) is 19.2 Å². The first kappa shape index (κ1) is 16.7. The van der Waals surface area contributed by atoms with Gasteiger partial charge in [-0.15, -0.1) is 0 Å². The number of hydrogen-bond donors (Lipinski definition) is 3. The van der Waals surface area contributed by atoms with E-state index >= 15 is 0 Å². The predicted molar refractivity (Wildman–Crippen MR) is 76.5 cm³/mol. The summed E-state index contributed by atoms with van der Waals surface area (Å²) in [4.78, 5) is 23.0. The van der Waals surface area contributed by atoms with Gasteiger partial charge < -0.3 is 20.9 Å². The molecule has 0 aliphatic rings. The van der Waals surface area contributed by atoms with Crippen molar-refractivity contribution in [1.82, 2.24) is 0 Å². The minimum Gasteiger partial charge on any atom is -0.478 e. The Kier molecular flexibility index (Phi) is 6.22. The highest BCUT2D eigenvalue weighted by atomic mass is 35.5. The Hall–Kier alpha value is -1.34. The lowest BCUT2D eigenvalue weighted by Gasteiger charge is -2.14. The summed E-state index contributed by atoms with van der Waals surface area (Å²) in [5, 5.41) is 11.7. The van der Waals surface area contributed by atoms with E-state index in [-0.39, 0.29) is 34.3 Å². The predicted octanol–water partition coefficient (Wildman–Crippen LogP) is 1.99.